The molecule has 6 nitrogen and oxygen atoms in total. The highest BCUT2D eigenvalue weighted by Crippen LogP contribution is 2.33. The van der Waals surface area contributed by atoms with E-state index in [1.165, 1.54) is 6.08 Å². The molecule has 3 heterocycles. The van der Waals surface area contributed by atoms with Gasteiger partial charge < -0.3 is 13.4 Å². The minimum atomic E-state index is -0.306. The van der Waals surface area contributed by atoms with Gasteiger partial charge in [0.1, 0.15) is 5.76 Å². The molecule has 30 heavy (non-hydrogen) atoms. The molecule has 5 aromatic rings. The summed E-state index contributed by atoms with van der Waals surface area (Å²) in [6.07, 6.45) is 3.04. The lowest BCUT2D eigenvalue weighted by Gasteiger charge is -2.00. The van der Waals surface area contributed by atoms with E-state index >= 15 is 0 Å². The van der Waals surface area contributed by atoms with Crippen molar-refractivity contribution in [2.45, 2.75) is 0 Å². The quantitative estimate of drug-likeness (QED) is 0.310. The number of Topliss-reactive ketones (excluding diaryl/α,β-unsaturated/α-hetero) is 2. The summed E-state index contributed by atoms with van der Waals surface area (Å²) in [5.74, 6) is 0.309. The van der Waals surface area contributed by atoms with Gasteiger partial charge in [0.05, 0.1) is 17.5 Å². The van der Waals surface area contributed by atoms with Crippen molar-refractivity contribution >= 4 is 39.6 Å². The van der Waals surface area contributed by atoms with Gasteiger partial charge in [-0.25, -0.2) is 0 Å². The Morgan fingerprint density at radius 1 is 0.933 bits per heavy atom. The first-order valence-electron chi connectivity index (χ1n) is 9.44. The first kappa shape index (κ1) is 16.7. The van der Waals surface area contributed by atoms with Crippen molar-refractivity contribution in [3.05, 3.63) is 83.5 Å². The molecule has 0 aliphatic heterocycles. The van der Waals surface area contributed by atoms with Crippen LogP contribution in [0.25, 0.3) is 39.5 Å². The zero-order chi connectivity index (χ0) is 20.4. The average Bonchev–Trinajstić information content (AvgIpc) is 3.51. The maximum absolute atomic E-state index is 12.9. The van der Waals surface area contributed by atoms with Crippen LogP contribution in [0.15, 0.2) is 75.3 Å². The highest BCUT2D eigenvalue weighted by Gasteiger charge is 2.34. The summed E-state index contributed by atoms with van der Waals surface area (Å²) in [5.41, 5.74) is 2.89. The maximum atomic E-state index is 12.9. The lowest BCUT2D eigenvalue weighted by atomic mass is 10.0. The molecule has 0 N–H and O–H groups in total. The van der Waals surface area contributed by atoms with Gasteiger partial charge in [0, 0.05) is 30.3 Å². The van der Waals surface area contributed by atoms with Gasteiger partial charge >= 0.3 is 0 Å². The molecule has 1 aliphatic carbocycles. The minimum absolute atomic E-state index is 0.0677. The molecule has 2 aromatic carbocycles. The molecule has 0 fully saturated rings. The van der Waals surface area contributed by atoms with Gasteiger partial charge in [0.15, 0.2) is 22.8 Å². The number of rotatable bonds is 2. The number of benzene rings is 2. The van der Waals surface area contributed by atoms with Crippen LogP contribution in [-0.4, -0.2) is 21.1 Å². The van der Waals surface area contributed by atoms with Gasteiger partial charge in [-0.1, -0.05) is 24.3 Å². The lowest BCUT2D eigenvalue weighted by molar-refractivity contribution is 0.0990. The lowest BCUT2D eigenvalue weighted by Crippen LogP contribution is -2.00. The second kappa shape index (κ2) is 5.90. The van der Waals surface area contributed by atoms with Crippen LogP contribution in [-0.2, 0) is 7.05 Å². The summed E-state index contributed by atoms with van der Waals surface area (Å²) in [4.78, 5) is 30.3. The molecule has 0 spiro atoms. The van der Waals surface area contributed by atoms with Crippen molar-refractivity contribution < 1.29 is 18.4 Å². The third-order valence-electron chi connectivity index (χ3n) is 5.50. The summed E-state index contributed by atoms with van der Waals surface area (Å²) < 4.78 is 13.1. The summed E-state index contributed by atoms with van der Waals surface area (Å²) in [6.45, 7) is 0. The number of hydrogen-bond acceptors (Lipinski definition) is 5. The van der Waals surface area contributed by atoms with Crippen LogP contribution in [0, 0.1) is 0 Å². The predicted molar refractivity (Wildman–Crippen MR) is 111 cm³/mol. The first-order valence-corrected chi connectivity index (χ1v) is 9.44. The number of ketones is 2. The highest BCUT2D eigenvalue weighted by molar-refractivity contribution is 6.42. The largest absolute Gasteiger partial charge is 0.463 e. The number of oxazole rings is 1. The van der Waals surface area contributed by atoms with Crippen LogP contribution in [0.5, 0.6) is 0 Å². The van der Waals surface area contributed by atoms with Crippen LogP contribution < -0.4 is 0 Å². The number of aromatic nitrogens is 2. The van der Waals surface area contributed by atoms with Crippen molar-refractivity contribution in [3.8, 4) is 11.5 Å². The van der Waals surface area contributed by atoms with Gasteiger partial charge in [0.2, 0.25) is 5.89 Å². The Hall–Kier alpha value is -4.19. The number of aryl methyl sites for hydroxylation is 1. The van der Waals surface area contributed by atoms with Crippen molar-refractivity contribution in [3.63, 3.8) is 0 Å². The van der Waals surface area contributed by atoms with Crippen molar-refractivity contribution in [1.82, 2.24) is 9.55 Å². The van der Waals surface area contributed by atoms with E-state index in [0.29, 0.717) is 28.1 Å². The number of allylic oxidation sites excluding steroid dienone is 1. The normalized spacial score (nSPS) is 13.6. The minimum Gasteiger partial charge on any atom is -0.463 e. The number of carbonyl (C=O) groups excluding carboxylic acids is 2. The maximum Gasteiger partial charge on any atom is 0.222 e. The van der Waals surface area contributed by atoms with Crippen LogP contribution in [0.2, 0.25) is 0 Å². The third kappa shape index (κ3) is 2.27. The molecule has 0 atom stereocenters. The fourth-order valence-corrected chi connectivity index (χ4v) is 4.00. The molecule has 0 unspecified atom stereocenters. The Balaban J connectivity index is 1.43. The molecule has 3 aromatic heterocycles. The Bertz CT molecular complexity index is 1470. The Morgan fingerprint density at radius 2 is 1.63 bits per heavy atom. The number of furan rings is 1. The average molecular weight is 394 g/mol. The van der Waals surface area contributed by atoms with E-state index in [1.807, 2.05) is 54.1 Å². The number of nitrogens with zero attached hydrogens (tertiary/aromatic N) is 2. The van der Waals surface area contributed by atoms with E-state index in [9.17, 15) is 9.59 Å². The molecule has 0 radical (unpaired) electrons. The zero-order valence-corrected chi connectivity index (χ0v) is 15.9. The molecular weight excluding hydrogens is 380 g/mol. The zero-order valence-electron chi connectivity index (χ0n) is 15.9. The number of fused-ring (bicyclic) bond motifs is 3. The Labute approximate surface area is 170 Å². The SMILES string of the molecule is Cn1c(-c2ccco2)cc2oc(C=C3C(=O)c4cc5ccccc5cc4C3=O)nc21. The highest BCUT2D eigenvalue weighted by atomic mass is 16.4. The topological polar surface area (TPSA) is 78.2 Å². The predicted octanol–water partition coefficient (Wildman–Crippen LogP) is 5.04. The Kier molecular flexibility index (Phi) is 3.29. The van der Waals surface area contributed by atoms with Crippen LogP contribution in [0.1, 0.15) is 26.6 Å². The van der Waals surface area contributed by atoms with Crippen molar-refractivity contribution in [2.75, 3.05) is 0 Å². The van der Waals surface area contributed by atoms with Crippen molar-refractivity contribution in [1.29, 1.82) is 0 Å². The monoisotopic (exact) mass is 394 g/mol. The van der Waals surface area contributed by atoms with Crippen LogP contribution in [0.3, 0.4) is 0 Å². The van der Waals surface area contributed by atoms with Gasteiger partial charge in [-0.2, -0.15) is 4.98 Å². The molecule has 0 saturated carbocycles. The summed E-state index contributed by atoms with van der Waals surface area (Å²) in [6, 6.07) is 16.7. The Morgan fingerprint density at radius 3 is 2.23 bits per heavy atom. The van der Waals surface area contributed by atoms with E-state index in [0.717, 1.165) is 16.5 Å². The van der Waals surface area contributed by atoms with Gasteiger partial charge in [-0.05, 0) is 35.0 Å². The van der Waals surface area contributed by atoms with E-state index in [4.69, 9.17) is 8.83 Å². The third-order valence-corrected chi connectivity index (χ3v) is 5.50. The second-order valence-electron chi connectivity index (χ2n) is 7.27. The number of hydrogen-bond donors (Lipinski definition) is 0. The molecule has 6 heteroatoms. The van der Waals surface area contributed by atoms with Crippen LogP contribution >= 0.6 is 0 Å². The number of carbonyl (C=O) groups is 2. The van der Waals surface area contributed by atoms with Crippen LogP contribution in [0.4, 0.5) is 0 Å². The standard InChI is InChI=1S/C24H14N2O4/c1-26-18(19-7-4-8-29-19)12-20-24(26)25-21(30-20)11-17-22(27)15-9-13-5-2-3-6-14(13)10-16(15)23(17)28/h2-12H,1H3. The molecule has 0 amide bonds. The molecule has 144 valence electrons. The molecule has 0 bridgehead atoms. The molecule has 0 saturated heterocycles. The second-order valence-corrected chi connectivity index (χ2v) is 7.27. The summed E-state index contributed by atoms with van der Waals surface area (Å²) >= 11 is 0. The first-order chi connectivity index (χ1) is 14.6. The van der Waals surface area contributed by atoms with E-state index in [-0.39, 0.29) is 23.0 Å². The summed E-state index contributed by atoms with van der Waals surface area (Å²) in [5, 5.41) is 1.84. The molecule has 1 aliphatic rings. The molecule has 6 rings (SSSR count). The smallest absolute Gasteiger partial charge is 0.222 e. The fourth-order valence-electron chi connectivity index (χ4n) is 4.00. The van der Waals surface area contributed by atoms with Gasteiger partial charge in [-0.15, -0.1) is 0 Å². The van der Waals surface area contributed by atoms with E-state index < -0.39 is 0 Å². The van der Waals surface area contributed by atoms with Gasteiger partial charge in [-0.3, -0.25) is 9.59 Å². The van der Waals surface area contributed by atoms with Crippen molar-refractivity contribution in [2.24, 2.45) is 7.05 Å². The van der Waals surface area contributed by atoms with Gasteiger partial charge in [0.25, 0.3) is 0 Å². The molecular formula is C24H14N2O4. The van der Waals surface area contributed by atoms with E-state index in [1.54, 1.807) is 18.4 Å². The van der Waals surface area contributed by atoms with E-state index in [2.05, 4.69) is 4.98 Å². The fraction of sp³-hybridized carbons (Fsp3) is 0.0417. The summed E-state index contributed by atoms with van der Waals surface area (Å²) in [7, 11) is 1.85.